The molecule has 4 aromatic rings. The van der Waals surface area contributed by atoms with Crippen LogP contribution >= 0.6 is 11.5 Å². The maximum atomic E-state index is 15.0. The summed E-state index contributed by atoms with van der Waals surface area (Å²) in [6, 6.07) is 7.61. The van der Waals surface area contributed by atoms with E-state index in [0.29, 0.717) is 12.7 Å². The Kier molecular flexibility index (Phi) is 7.54. The number of nitrogens with one attached hydrogen (secondary N) is 2. The first kappa shape index (κ1) is 26.6. The number of nitrogens with zero attached hydrogens (tertiary/aromatic N) is 3. The molecule has 0 bridgehead atoms. The largest absolute Gasteiger partial charge is 0.457 e. The Labute approximate surface area is 225 Å². The molecule has 2 N–H and O–H groups in total. The number of oxazole rings is 1. The summed E-state index contributed by atoms with van der Waals surface area (Å²) in [7, 11) is -4.35. The van der Waals surface area contributed by atoms with E-state index < -0.39 is 32.5 Å². The molecule has 0 saturated carbocycles. The lowest BCUT2D eigenvalue weighted by molar-refractivity contribution is -0.144. The third-order valence-corrected chi connectivity index (χ3v) is 8.42. The number of sulfonamides is 1. The number of aromatic nitrogens is 3. The van der Waals surface area contributed by atoms with E-state index in [1.807, 2.05) is 18.2 Å². The van der Waals surface area contributed by atoms with Gasteiger partial charge in [0.25, 0.3) is 10.0 Å². The van der Waals surface area contributed by atoms with Gasteiger partial charge in [0.15, 0.2) is 11.9 Å². The summed E-state index contributed by atoms with van der Waals surface area (Å²) in [6.07, 6.45) is 3.75. The van der Waals surface area contributed by atoms with Crippen LogP contribution in [-0.4, -0.2) is 53.8 Å². The van der Waals surface area contributed by atoms with Crippen molar-refractivity contribution in [1.29, 1.82) is 0 Å². The maximum absolute atomic E-state index is 15.0. The number of aryl methyl sites for hydroxylation is 1. The minimum Gasteiger partial charge on any atom is -0.457 e. The van der Waals surface area contributed by atoms with Crippen LogP contribution in [0.3, 0.4) is 0 Å². The number of ether oxygens (including phenoxy) is 1. The van der Waals surface area contributed by atoms with Crippen LogP contribution in [-0.2, 0) is 43.7 Å². The smallest absolute Gasteiger partial charge is 0.420 e. The van der Waals surface area contributed by atoms with E-state index in [1.165, 1.54) is 4.57 Å². The Morgan fingerprint density at radius 3 is 2.95 bits per heavy atom. The number of fused-ring (bicyclic) bond motifs is 2. The molecule has 0 fully saturated rings. The quantitative estimate of drug-likeness (QED) is 0.210. The Bertz CT molecular complexity index is 1700. The summed E-state index contributed by atoms with van der Waals surface area (Å²) < 4.78 is 57.6. The number of esters is 1. The molecule has 204 valence electrons. The zero-order valence-electron chi connectivity index (χ0n) is 20.3. The number of anilines is 1. The van der Waals surface area contributed by atoms with Crippen LogP contribution in [0.2, 0.25) is 0 Å². The number of aldehydes is 1. The molecule has 2 aromatic carbocycles. The number of hydrogen-bond acceptors (Lipinski definition) is 11. The van der Waals surface area contributed by atoms with Crippen LogP contribution in [0.4, 0.5) is 9.52 Å². The van der Waals surface area contributed by atoms with Crippen LogP contribution in [0, 0.1) is 5.82 Å². The molecule has 39 heavy (non-hydrogen) atoms. The first-order chi connectivity index (χ1) is 18.7. The number of rotatable bonds is 10. The first-order valence-corrected chi connectivity index (χ1v) is 14.1. The van der Waals surface area contributed by atoms with E-state index >= 15 is 4.39 Å². The standard InChI is InChI=1S/C24H22FN5O7S2/c25-18-9-19-20(10-21(18)39(34,35)29-23-27-13-28-38-23)37-24(33)30(19)12-15-3-1-2-14-4-5-16(8-17(14)15)26-11-22(32)36-7-6-31/h1-3,6,9-10,13,16,26H,4-5,7-8,11-12H2,(H,27,28,29)/t16-/m1/s1. The second-order valence-electron chi connectivity index (χ2n) is 8.78. The molecule has 1 atom stereocenters. The summed E-state index contributed by atoms with van der Waals surface area (Å²) in [4.78, 5) is 37.9. The fourth-order valence-corrected chi connectivity index (χ4v) is 6.31. The maximum Gasteiger partial charge on any atom is 0.420 e. The zero-order chi connectivity index (χ0) is 27.6. The van der Waals surface area contributed by atoms with Gasteiger partial charge in [-0.2, -0.15) is 4.37 Å². The van der Waals surface area contributed by atoms with Crippen LogP contribution < -0.4 is 15.8 Å². The number of carbonyl (C=O) groups is 2. The van der Waals surface area contributed by atoms with Gasteiger partial charge in [0, 0.05) is 29.7 Å². The average molecular weight is 576 g/mol. The van der Waals surface area contributed by atoms with Crippen LogP contribution in [0.5, 0.6) is 0 Å². The molecule has 0 spiro atoms. The highest BCUT2D eigenvalue weighted by Gasteiger charge is 2.26. The van der Waals surface area contributed by atoms with E-state index in [0.717, 1.165) is 59.5 Å². The Morgan fingerprint density at radius 2 is 2.18 bits per heavy atom. The minimum absolute atomic E-state index is 0.0342. The van der Waals surface area contributed by atoms with Crippen molar-refractivity contribution in [2.24, 2.45) is 0 Å². The van der Waals surface area contributed by atoms with Gasteiger partial charge in [0.1, 0.15) is 23.6 Å². The van der Waals surface area contributed by atoms with Gasteiger partial charge < -0.3 is 14.5 Å². The lowest BCUT2D eigenvalue weighted by Gasteiger charge is -2.27. The molecular weight excluding hydrogens is 553 g/mol. The summed E-state index contributed by atoms with van der Waals surface area (Å²) >= 11 is 0.789. The predicted molar refractivity (Wildman–Crippen MR) is 138 cm³/mol. The van der Waals surface area contributed by atoms with E-state index in [4.69, 9.17) is 9.15 Å². The third kappa shape index (κ3) is 5.74. The summed E-state index contributed by atoms with van der Waals surface area (Å²) in [6.45, 7) is -0.267. The van der Waals surface area contributed by atoms with Gasteiger partial charge in [-0.05, 0) is 36.0 Å². The van der Waals surface area contributed by atoms with Gasteiger partial charge in [-0.1, -0.05) is 18.2 Å². The number of hydrogen-bond donors (Lipinski definition) is 2. The molecule has 0 saturated heterocycles. The highest BCUT2D eigenvalue weighted by atomic mass is 32.2. The Morgan fingerprint density at radius 1 is 1.33 bits per heavy atom. The lowest BCUT2D eigenvalue weighted by atomic mass is 9.85. The van der Waals surface area contributed by atoms with E-state index in [2.05, 4.69) is 19.4 Å². The van der Waals surface area contributed by atoms with Gasteiger partial charge in [-0.15, -0.1) is 0 Å². The molecule has 2 aromatic heterocycles. The topological polar surface area (TPSA) is 162 Å². The van der Waals surface area contributed by atoms with Crippen molar-refractivity contribution in [1.82, 2.24) is 19.2 Å². The van der Waals surface area contributed by atoms with E-state index in [9.17, 15) is 22.8 Å². The summed E-state index contributed by atoms with van der Waals surface area (Å²) in [5.74, 6) is -2.36. The van der Waals surface area contributed by atoms with Crippen LogP contribution in [0.15, 0.2) is 50.8 Å². The van der Waals surface area contributed by atoms with Crippen molar-refractivity contribution in [3.63, 3.8) is 0 Å². The lowest BCUT2D eigenvalue weighted by Crippen LogP contribution is -2.39. The molecule has 0 amide bonds. The molecule has 0 radical (unpaired) electrons. The van der Waals surface area contributed by atoms with Gasteiger partial charge in [-0.3, -0.25) is 18.9 Å². The molecule has 12 nitrogen and oxygen atoms in total. The van der Waals surface area contributed by atoms with Crippen molar-refractivity contribution in [2.75, 3.05) is 17.9 Å². The Balaban J connectivity index is 1.40. The molecular formula is C24H22FN5O7S2. The normalized spacial score (nSPS) is 15.2. The highest BCUT2D eigenvalue weighted by molar-refractivity contribution is 7.93. The molecule has 1 aliphatic carbocycles. The summed E-state index contributed by atoms with van der Waals surface area (Å²) in [5, 5.41) is 3.11. The summed E-state index contributed by atoms with van der Waals surface area (Å²) in [5.41, 5.74) is 2.91. The van der Waals surface area contributed by atoms with Crippen molar-refractivity contribution in [3.05, 3.63) is 69.7 Å². The van der Waals surface area contributed by atoms with Gasteiger partial charge >= 0.3 is 11.7 Å². The number of benzene rings is 2. The number of halogens is 1. The number of carbonyl (C=O) groups excluding carboxylic acids is 2. The van der Waals surface area contributed by atoms with Crippen molar-refractivity contribution < 1.29 is 31.6 Å². The van der Waals surface area contributed by atoms with Gasteiger partial charge in [0.05, 0.1) is 18.6 Å². The fraction of sp³-hybridized carbons (Fsp3) is 0.292. The second-order valence-corrected chi connectivity index (χ2v) is 11.2. The highest BCUT2D eigenvalue weighted by Crippen LogP contribution is 2.28. The molecule has 2 heterocycles. The monoisotopic (exact) mass is 575 g/mol. The third-order valence-electron chi connectivity index (χ3n) is 6.35. The molecule has 5 rings (SSSR count). The molecule has 15 heteroatoms. The SMILES string of the molecule is O=CCOC(=O)CN[C@@H]1CCc2cccc(Cn3c(=O)oc4cc(S(=O)(=O)Nc5ncns5)c(F)cc43)c2C1. The van der Waals surface area contributed by atoms with Crippen molar-refractivity contribution in [3.8, 4) is 0 Å². The van der Waals surface area contributed by atoms with E-state index in [1.54, 1.807) is 0 Å². The first-order valence-electron chi connectivity index (χ1n) is 11.8. The fourth-order valence-electron chi connectivity index (χ4n) is 4.57. The van der Waals surface area contributed by atoms with Gasteiger partial charge in [-0.25, -0.2) is 22.6 Å². The second kappa shape index (κ2) is 11.0. The van der Waals surface area contributed by atoms with Crippen molar-refractivity contribution >= 4 is 50.0 Å². The average Bonchev–Trinajstić information content (AvgIpc) is 3.52. The van der Waals surface area contributed by atoms with E-state index in [-0.39, 0.29) is 42.0 Å². The molecule has 0 unspecified atom stereocenters. The Hall–Kier alpha value is -3.95. The van der Waals surface area contributed by atoms with Crippen LogP contribution in [0.1, 0.15) is 23.1 Å². The minimum atomic E-state index is -4.35. The van der Waals surface area contributed by atoms with Gasteiger partial charge in [0.2, 0.25) is 5.13 Å². The predicted octanol–water partition coefficient (Wildman–Crippen LogP) is 1.62. The zero-order valence-corrected chi connectivity index (χ0v) is 21.9. The van der Waals surface area contributed by atoms with Crippen molar-refractivity contribution in [2.45, 2.75) is 36.7 Å². The molecule has 0 aliphatic heterocycles. The molecule has 1 aliphatic rings. The van der Waals surface area contributed by atoms with Crippen LogP contribution in [0.25, 0.3) is 11.1 Å².